The molecule has 0 spiro atoms. The van der Waals surface area contributed by atoms with Gasteiger partial charge >= 0.3 is 5.69 Å². The Hall–Kier alpha value is -2.99. The number of aliphatic hydroxyl groups is 1. The normalized spacial score (nSPS) is 13.4. The van der Waals surface area contributed by atoms with Crippen molar-refractivity contribution in [2.75, 3.05) is 0 Å². The maximum atomic E-state index is 11.8. The summed E-state index contributed by atoms with van der Waals surface area (Å²) < 4.78 is 1.52. The lowest BCUT2D eigenvalue weighted by molar-refractivity contribution is 0.401. The number of nitrogens with one attached hydrogen (secondary N) is 2. The zero-order valence-electron chi connectivity index (χ0n) is 14.4. The smallest absolute Gasteiger partial charge is 0.343 e. The Kier molecular flexibility index (Phi) is 5.14. The predicted octanol–water partition coefficient (Wildman–Crippen LogP) is 2.83. The van der Waals surface area contributed by atoms with E-state index in [1.807, 2.05) is 37.3 Å². The van der Waals surface area contributed by atoms with Gasteiger partial charge in [0, 0.05) is 6.54 Å². The van der Waals surface area contributed by atoms with E-state index in [1.54, 1.807) is 6.92 Å². The second kappa shape index (κ2) is 7.49. The van der Waals surface area contributed by atoms with Crippen LogP contribution in [0.4, 0.5) is 0 Å². The molecule has 0 aliphatic heterocycles. The first kappa shape index (κ1) is 17.8. The summed E-state index contributed by atoms with van der Waals surface area (Å²) in [6.07, 6.45) is 0.783. The minimum absolute atomic E-state index is 0.0705. The van der Waals surface area contributed by atoms with Crippen molar-refractivity contribution >= 4 is 28.4 Å². The Morgan fingerprint density at radius 1 is 1.46 bits per heavy atom. The summed E-state index contributed by atoms with van der Waals surface area (Å²) in [5.41, 5.74) is 1.28. The Morgan fingerprint density at radius 3 is 2.92 bits per heavy atom. The first-order valence-electron chi connectivity index (χ1n) is 8.15. The number of aromatic nitrogens is 5. The highest BCUT2D eigenvalue weighted by Gasteiger charge is 2.21. The molecule has 0 aliphatic carbocycles. The summed E-state index contributed by atoms with van der Waals surface area (Å²) in [6.45, 7) is 4.24. The minimum Gasteiger partial charge on any atom is -0.510 e. The van der Waals surface area contributed by atoms with Crippen LogP contribution < -0.4 is 5.69 Å². The van der Waals surface area contributed by atoms with Gasteiger partial charge in [-0.3, -0.25) is 4.57 Å². The fourth-order valence-corrected chi connectivity index (χ4v) is 3.48. The molecule has 8 nitrogen and oxygen atoms in total. The number of aromatic amines is 2. The maximum absolute atomic E-state index is 11.8. The first-order valence-corrected chi connectivity index (χ1v) is 9.03. The van der Waals surface area contributed by atoms with Crippen molar-refractivity contribution < 1.29 is 5.11 Å². The van der Waals surface area contributed by atoms with Gasteiger partial charge in [0.1, 0.15) is 17.4 Å². The third kappa shape index (κ3) is 3.36. The average molecular weight is 370 g/mol. The molecule has 0 radical (unpaired) electrons. The highest BCUT2D eigenvalue weighted by atomic mass is 32.2. The number of hydrogen-bond acceptors (Lipinski definition) is 6. The van der Waals surface area contributed by atoms with E-state index in [9.17, 15) is 15.2 Å². The molecule has 0 saturated heterocycles. The van der Waals surface area contributed by atoms with Crippen LogP contribution in [0.3, 0.4) is 0 Å². The molecule has 0 bridgehead atoms. The Labute approximate surface area is 153 Å². The molecule has 1 atom stereocenters. The number of imidazole rings is 1. The molecule has 3 N–H and O–H groups in total. The van der Waals surface area contributed by atoms with Gasteiger partial charge in [-0.15, -0.1) is 5.10 Å². The summed E-state index contributed by atoms with van der Waals surface area (Å²) in [6, 6.07) is 9.41. The number of allylic oxidation sites excluding steroid dienone is 1. The Bertz CT molecular complexity index is 1020. The summed E-state index contributed by atoms with van der Waals surface area (Å²) >= 11 is 1.20. The average Bonchev–Trinajstić information content (AvgIpc) is 3.20. The van der Waals surface area contributed by atoms with E-state index in [-0.39, 0.29) is 17.0 Å². The van der Waals surface area contributed by atoms with Crippen LogP contribution in [-0.4, -0.2) is 35.1 Å². The standard InChI is InChI=1S/C17H18N6O2S/c1-3-8-23-16(25)21-22-17(23)26-10(2)14(24)11(9-18)15-19-12-6-4-5-7-13(12)20-15/h4-7,10,24H,3,8H2,1-2H3,(H,19,20)(H,21,25)/b14-11-. The Balaban J connectivity index is 1.93. The van der Waals surface area contributed by atoms with Crippen LogP contribution >= 0.6 is 11.8 Å². The lowest BCUT2D eigenvalue weighted by atomic mass is 10.2. The van der Waals surface area contributed by atoms with Crippen LogP contribution in [0.5, 0.6) is 0 Å². The lowest BCUT2D eigenvalue weighted by Crippen LogP contribution is -2.18. The van der Waals surface area contributed by atoms with Gasteiger partial charge in [0.2, 0.25) is 0 Å². The summed E-state index contributed by atoms with van der Waals surface area (Å²) in [5.74, 6) is 0.196. The second-order valence-corrected chi connectivity index (χ2v) is 7.01. The van der Waals surface area contributed by atoms with Crippen molar-refractivity contribution in [3.05, 3.63) is 46.3 Å². The van der Waals surface area contributed by atoms with E-state index in [2.05, 4.69) is 20.2 Å². The molecular formula is C17H18N6O2S. The van der Waals surface area contributed by atoms with Crippen molar-refractivity contribution in [1.82, 2.24) is 24.7 Å². The van der Waals surface area contributed by atoms with E-state index in [1.165, 1.54) is 16.3 Å². The van der Waals surface area contributed by atoms with Gasteiger partial charge in [0.15, 0.2) is 11.0 Å². The number of benzene rings is 1. The number of nitriles is 1. The van der Waals surface area contributed by atoms with Gasteiger partial charge in [-0.25, -0.2) is 14.9 Å². The Morgan fingerprint density at radius 2 is 2.23 bits per heavy atom. The summed E-state index contributed by atoms with van der Waals surface area (Å²) in [4.78, 5) is 19.2. The van der Waals surface area contributed by atoms with Crippen LogP contribution in [0.25, 0.3) is 16.6 Å². The quantitative estimate of drug-likeness (QED) is 0.348. The largest absolute Gasteiger partial charge is 0.510 e. The van der Waals surface area contributed by atoms with Crippen LogP contribution in [0.2, 0.25) is 0 Å². The molecule has 3 aromatic rings. The zero-order chi connectivity index (χ0) is 18.7. The van der Waals surface area contributed by atoms with Gasteiger partial charge in [0.25, 0.3) is 0 Å². The van der Waals surface area contributed by atoms with E-state index < -0.39 is 5.25 Å². The molecule has 0 amide bonds. The topological polar surface area (TPSA) is 123 Å². The molecule has 1 aromatic carbocycles. The third-order valence-corrected chi connectivity index (χ3v) is 4.93. The highest BCUT2D eigenvalue weighted by molar-refractivity contribution is 7.99. The molecular weight excluding hydrogens is 352 g/mol. The van der Waals surface area contributed by atoms with Crippen molar-refractivity contribution in [3.8, 4) is 6.07 Å². The number of hydrogen-bond donors (Lipinski definition) is 3. The minimum atomic E-state index is -0.483. The van der Waals surface area contributed by atoms with Crippen LogP contribution in [-0.2, 0) is 6.54 Å². The molecule has 9 heteroatoms. The molecule has 134 valence electrons. The number of thioether (sulfide) groups is 1. The number of fused-ring (bicyclic) bond motifs is 1. The number of H-pyrrole nitrogens is 2. The first-order chi connectivity index (χ1) is 12.5. The van der Waals surface area contributed by atoms with Gasteiger partial charge in [-0.2, -0.15) is 5.26 Å². The SMILES string of the molecule is CCCn1c(SC(C)/C(O)=C(\C#N)c2nc3ccccc3[nH]2)n[nH]c1=O. The molecule has 0 saturated carbocycles. The second-order valence-electron chi connectivity index (χ2n) is 5.70. The molecule has 3 rings (SSSR count). The molecule has 2 heterocycles. The fourth-order valence-electron chi connectivity index (χ4n) is 2.53. The van der Waals surface area contributed by atoms with E-state index in [4.69, 9.17) is 0 Å². The highest BCUT2D eigenvalue weighted by Crippen LogP contribution is 2.29. The van der Waals surface area contributed by atoms with E-state index in [0.29, 0.717) is 23.0 Å². The number of para-hydroxylation sites is 2. The van der Waals surface area contributed by atoms with Crippen LogP contribution in [0, 0.1) is 11.3 Å². The zero-order valence-corrected chi connectivity index (χ0v) is 15.2. The van der Waals surface area contributed by atoms with Crippen molar-refractivity contribution in [2.45, 2.75) is 37.2 Å². The molecule has 2 aromatic heterocycles. The van der Waals surface area contributed by atoms with Crippen molar-refractivity contribution in [2.24, 2.45) is 0 Å². The van der Waals surface area contributed by atoms with Gasteiger partial charge in [-0.1, -0.05) is 30.8 Å². The number of aliphatic hydroxyl groups excluding tert-OH is 1. The predicted molar refractivity (Wildman–Crippen MR) is 99.7 cm³/mol. The van der Waals surface area contributed by atoms with Crippen molar-refractivity contribution in [3.63, 3.8) is 0 Å². The van der Waals surface area contributed by atoms with Gasteiger partial charge in [0.05, 0.1) is 16.3 Å². The lowest BCUT2D eigenvalue weighted by Gasteiger charge is -2.11. The van der Waals surface area contributed by atoms with Crippen LogP contribution in [0.15, 0.2) is 40.0 Å². The third-order valence-electron chi connectivity index (χ3n) is 3.83. The van der Waals surface area contributed by atoms with E-state index >= 15 is 0 Å². The van der Waals surface area contributed by atoms with Gasteiger partial charge in [-0.05, 0) is 25.5 Å². The summed E-state index contributed by atoms with van der Waals surface area (Å²) in [7, 11) is 0. The molecule has 1 unspecified atom stereocenters. The number of rotatable bonds is 6. The molecule has 26 heavy (non-hydrogen) atoms. The van der Waals surface area contributed by atoms with Gasteiger partial charge < -0.3 is 10.1 Å². The van der Waals surface area contributed by atoms with Crippen LogP contribution in [0.1, 0.15) is 26.1 Å². The number of nitrogens with zero attached hydrogens (tertiary/aromatic N) is 4. The van der Waals surface area contributed by atoms with Crippen molar-refractivity contribution in [1.29, 1.82) is 5.26 Å². The summed E-state index contributed by atoms with van der Waals surface area (Å²) in [5, 5.41) is 26.5. The van der Waals surface area contributed by atoms with E-state index in [0.717, 1.165) is 11.9 Å². The molecule has 0 fully saturated rings. The molecule has 0 aliphatic rings. The monoisotopic (exact) mass is 370 g/mol. The maximum Gasteiger partial charge on any atom is 0.343 e. The fraction of sp³-hybridized carbons (Fsp3) is 0.294.